The molecule has 0 aliphatic heterocycles. The Hall–Kier alpha value is -2.23. The molecule has 1 aromatic carbocycles. The molecule has 0 unspecified atom stereocenters. The van der Waals surface area contributed by atoms with E-state index in [0.717, 1.165) is 34.0 Å². The average molecular weight is 214 g/mol. The number of H-pyrrole nitrogens is 2. The molecule has 0 bridgehead atoms. The van der Waals surface area contributed by atoms with Gasteiger partial charge in [-0.1, -0.05) is 0 Å². The Morgan fingerprint density at radius 2 is 2.06 bits per heavy atom. The van der Waals surface area contributed by atoms with E-state index in [4.69, 9.17) is 4.74 Å². The van der Waals surface area contributed by atoms with Crippen LogP contribution in [0.5, 0.6) is 5.75 Å². The van der Waals surface area contributed by atoms with Crippen molar-refractivity contribution in [1.82, 2.24) is 9.97 Å². The Labute approximate surface area is 91.2 Å². The first-order chi connectivity index (χ1) is 7.81. The lowest BCUT2D eigenvalue weighted by Crippen LogP contribution is -1.82. The molecule has 3 aromatic rings. The fraction of sp³-hybridized carbons (Fsp3) is 0.0833. The number of fused-ring (bicyclic) bond motifs is 3. The van der Waals surface area contributed by atoms with Gasteiger partial charge in [-0.3, -0.25) is 4.79 Å². The lowest BCUT2D eigenvalue weighted by molar-refractivity contribution is 0.112. The van der Waals surface area contributed by atoms with Gasteiger partial charge in [-0.25, -0.2) is 0 Å². The van der Waals surface area contributed by atoms with Crippen molar-refractivity contribution in [1.29, 1.82) is 0 Å². The number of aromatic amines is 2. The van der Waals surface area contributed by atoms with Crippen LogP contribution in [-0.2, 0) is 0 Å². The van der Waals surface area contributed by atoms with E-state index in [1.807, 2.05) is 18.2 Å². The normalized spacial score (nSPS) is 11.1. The average Bonchev–Trinajstić information content (AvgIpc) is 2.85. The van der Waals surface area contributed by atoms with Gasteiger partial charge in [0.15, 0.2) is 6.29 Å². The molecule has 0 saturated carbocycles. The molecule has 0 atom stereocenters. The van der Waals surface area contributed by atoms with Gasteiger partial charge in [0.1, 0.15) is 5.75 Å². The third kappa shape index (κ3) is 1.13. The molecule has 2 N–H and O–H groups in total. The second-order valence-electron chi connectivity index (χ2n) is 3.67. The van der Waals surface area contributed by atoms with E-state index in [1.165, 1.54) is 0 Å². The van der Waals surface area contributed by atoms with E-state index >= 15 is 0 Å². The molecular formula is C12H10N2O2. The van der Waals surface area contributed by atoms with E-state index in [0.29, 0.717) is 5.69 Å². The molecule has 0 amide bonds. The number of ether oxygens (including phenoxy) is 1. The topological polar surface area (TPSA) is 57.9 Å². The summed E-state index contributed by atoms with van der Waals surface area (Å²) in [4.78, 5) is 17.0. The molecule has 0 spiro atoms. The lowest BCUT2D eigenvalue weighted by atomic mass is 10.2. The van der Waals surface area contributed by atoms with Crippen molar-refractivity contribution >= 4 is 28.2 Å². The number of aromatic nitrogens is 2. The van der Waals surface area contributed by atoms with Crippen molar-refractivity contribution in [2.24, 2.45) is 0 Å². The van der Waals surface area contributed by atoms with Gasteiger partial charge in [0.2, 0.25) is 0 Å². The van der Waals surface area contributed by atoms with Gasteiger partial charge in [0, 0.05) is 10.9 Å². The zero-order valence-corrected chi connectivity index (χ0v) is 8.70. The van der Waals surface area contributed by atoms with E-state index in [2.05, 4.69) is 9.97 Å². The molecule has 4 nitrogen and oxygen atoms in total. The highest BCUT2D eigenvalue weighted by Crippen LogP contribution is 2.28. The highest BCUT2D eigenvalue weighted by Gasteiger charge is 2.08. The largest absolute Gasteiger partial charge is 0.497 e. The van der Waals surface area contributed by atoms with Crippen molar-refractivity contribution in [3.05, 3.63) is 30.0 Å². The molecule has 4 heteroatoms. The summed E-state index contributed by atoms with van der Waals surface area (Å²) in [5.41, 5.74) is 3.48. The zero-order chi connectivity index (χ0) is 11.1. The number of carbonyl (C=O) groups is 1. The van der Waals surface area contributed by atoms with E-state index < -0.39 is 0 Å². The summed E-state index contributed by atoms with van der Waals surface area (Å²) in [6, 6.07) is 7.61. The fourth-order valence-corrected chi connectivity index (χ4v) is 1.96. The van der Waals surface area contributed by atoms with Crippen molar-refractivity contribution in [2.45, 2.75) is 0 Å². The summed E-state index contributed by atoms with van der Waals surface area (Å²) in [7, 11) is 1.64. The monoisotopic (exact) mass is 214 g/mol. The summed E-state index contributed by atoms with van der Waals surface area (Å²) in [5, 5.41) is 1.03. The van der Waals surface area contributed by atoms with Crippen molar-refractivity contribution in [2.75, 3.05) is 7.11 Å². The maximum Gasteiger partial charge on any atom is 0.166 e. The quantitative estimate of drug-likeness (QED) is 0.644. The fourth-order valence-electron chi connectivity index (χ4n) is 1.96. The molecule has 0 saturated heterocycles. The van der Waals surface area contributed by atoms with E-state index in [-0.39, 0.29) is 0 Å². The number of hydrogen-bond acceptors (Lipinski definition) is 2. The van der Waals surface area contributed by atoms with Crippen LogP contribution < -0.4 is 4.74 Å². The zero-order valence-electron chi connectivity index (χ0n) is 8.70. The van der Waals surface area contributed by atoms with Crippen LogP contribution in [0.3, 0.4) is 0 Å². The number of methoxy groups -OCH3 is 1. The predicted molar refractivity (Wildman–Crippen MR) is 62.1 cm³/mol. The van der Waals surface area contributed by atoms with Crippen LogP contribution in [0, 0.1) is 0 Å². The van der Waals surface area contributed by atoms with Gasteiger partial charge in [-0.2, -0.15) is 0 Å². The maximum absolute atomic E-state index is 10.7. The Kier molecular flexibility index (Phi) is 1.77. The summed E-state index contributed by atoms with van der Waals surface area (Å²) in [5.74, 6) is 0.802. The highest BCUT2D eigenvalue weighted by molar-refractivity contribution is 6.07. The van der Waals surface area contributed by atoms with Crippen LogP contribution in [0.1, 0.15) is 10.5 Å². The first kappa shape index (κ1) is 9.03. The number of benzene rings is 1. The number of aldehydes is 1. The maximum atomic E-state index is 10.7. The molecular weight excluding hydrogens is 204 g/mol. The molecule has 2 aromatic heterocycles. The minimum atomic E-state index is 0.575. The number of nitrogens with one attached hydrogen (secondary N) is 2. The third-order valence-electron chi connectivity index (χ3n) is 2.73. The van der Waals surface area contributed by atoms with Crippen LogP contribution in [-0.4, -0.2) is 23.4 Å². The van der Waals surface area contributed by atoms with Gasteiger partial charge in [-0.05, 0) is 24.3 Å². The minimum absolute atomic E-state index is 0.575. The Morgan fingerprint density at radius 3 is 2.81 bits per heavy atom. The second kappa shape index (κ2) is 3.13. The minimum Gasteiger partial charge on any atom is -0.497 e. The molecule has 0 aliphatic carbocycles. The first-order valence-corrected chi connectivity index (χ1v) is 4.95. The Balaban J connectivity index is 2.38. The molecule has 16 heavy (non-hydrogen) atoms. The molecule has 0 fully saturated rings. The third-order valence-corrected chi connectivity index (χ3v) is 2.73. The predicted octanol–water partition coefficient (Wildman–Crippen LogP) is 2.47. The van der Waals surface area contributed by atoms with E-state index in [9.17, 15) is 4.79 Å². The molecule has 80 valence electrons. The summed E-state index contributed by atoms with van der Waals surface area (Å²) >= 11 is 0. The van der Waals surface area contributed by atoms with Crippen LogP contribution in [0.25, 0.3) is 21.9 Å². The summed E-state index contributed by atoms with van der Waals surface area (Å²) in [6.07, 6.45) is 0.805. The second-order valence-corrected chi connectivity index (χ2v) is 3.67. The van der Waals surface area contributed by atoms with Crippen molar-refractivity contribution < 1.29 is 9.53 Å². The molecule has 3 rings (SSSR count). The van der Waals surface area contributed by atoms with Gasteiger partial charge < -0.3 is 14.7 Å². The standard InChI is InChI=1S/C12H10N2O2/c1-16-8-2-3-10-9(5-8)12-11(14-10)4-7(6-15)13-12/h2-6,13-14H,1H3. The van der Waals surface area contributed by atoms with Crippen LogP contribution >= 0.6 is 0 Å². The SMILES string of the molecule is COc1ccc2[nH]c3cc(C=O)[nH]c3c2c1. The summed E-state index contributed by atoms with van der Waals surface area (Å²) in [6.45, 7) is 0. The van der Waals surface area contributed by atoms with Crippen LogP contribution in [0.4, 0.5) is 0 Å². The van der Waals surface area contributed by atoms with Crippen LogP contribution in [0.15, 0.2) is 24.3 Å². The molecule has 0 radical (unpaired) electrons. The van der Waals surface area contributed by atoms with E-state index in [1.54, 1.807) is 13.2 Å². The van der Waals surface area contributed by atoms with Crippen molar-refractivity contribution in [3.63, 3.8) is 0 Å². The van der Waals surface area contributed by atoms with Gasteiger partial charge >= 0.3 is 0 Å². The van der Waals surface area contributed by atoms with Crippen LogP contribution in [0.2, 0.25) is 0 Å². The van der Waals surface area contributed by atoms with Gasteiger partial charge in [0.25, 0.3) is 0 Å². The number of carbonyl (C=O) groups excluding carboxylic acids is 1. The number of rotatable bonds is 2. The van der Waals surface area contributed by atoms with Gasteiger partial charge in [-0.15, -0.1) is 0 Å². The molecule has 2 heterocycles. The first-order valence-electron chi connectivity index (χ1n) is 4.95. The smallest absolute Gasteiger partial charge is 0.166 e. The Morgan fingerprint density at radius 1 is 1.19 bits per heavy atom. The van der Waals surface area contributed by atoms with Gasteiger partial charge in [0.05, 0.1) is 23.8 Å². The lowest BCUT2D eigenvalue weighted by Gasteiger charge is -1.98. The highest BCUT2D eigenvalue weighted by atomic mass is 16.5. The molecule has 0 aliphatic rings. The number of hydrogen-bond donors (Lipinski definition) is 2. The Bertz CT molecular complexity index is 679. The summed E-state index contributed by atoms with van der Waals surface area (Å²) < 4.78 is 5.18. The van der Waals surface area contributed by atoms with Crippen molar-refractivity contribution in [3.8, 4) is 5.75 Å².